The molecule has 1 amide bonds. The fourth-order valence-corrected chi connectivity index (χ4v) is 3.65. The number of hydrogen-bond acceptors (Lipinski definition) is 4. The molecule has 1 aliphatic heterocycles. The predicted molar refractivity (Wildman–Crippen MR) is 95.4 cm³/mol. The van der Waals surface area contributed by atoms with Crippen molar-refractivity contribution in [1.82, 2.24) is 14.5 Å². The number of carboxylic acids is 1. The number of aryl methyl sites for hydroxylation is 1. The Hall–Kier alpha value is -2.90. The van der Waals surface area contributed by atoms with Crippen molar-refractivity contribution in [2.45, 2.75) is 39.3 Å². The lowest BCUT2D eigenvalue weighted by Crippen LogP contribution is -2.49. The topological polar surface area (TPSA) is 112 Å². The number of carbonyl (C=O) groups is 2. The van der Waals surface area contributed by atoms with Crippen molar-refractivity contribution in [2.75, 3.05) is 6.54 Å². The molecule has 1 aromatic heterocycles. The number of H-pyrrole nitrogens is 1. The highest BCUT2D eigenvalue weighted by Crippen LogP contribution is 2.26. The van der Waals surface area contributed by atoms with Crippen molar-refractivity contribution >= 4 is 22.9 Å². The lowest BCUT2D eigenvalue weighted by atomic mass is 9.90. The average Bonchev–Trinajstić information content (AvgIpc) is 2.62. The second-order valence-electron chi connectivity index (χ2n) is 6.56. The molecular weight excluding hydrogens is 338 g/mol. The molecule has 2 atom stereocenters. The third-order valence-electron chi connectivity index (χ3n) is 5.10. The first-order valence-corrected chi connectivity index (χ1v) is 8.65. The minimum absolute atomic E-state index is 0.277. The van der Waals surface area contributed by atoms with E-state index in [0.717, 1.165) is 0 Å². The monoisotopic (exact) mass is 359 g/mol. The van der Waals surface area contributed by atoms with Crippen LogP contribution in [0.5, 0.6) is 0 Å². The van der Waals surface area contributed by atoms with Gasteiger partial charge in [-0.05, 0) is 44.9 Å². The van der Waals surface area contributed by atoms with Gasteiger partial charge in [0.05, 0.1) is 17.0 Å². The number of fused-ring (bicyclic) bond motifs is 1. The Balaban J connectivity index is 2.01. The highest BCUT2D eigenvalue weighted by Gasteiger charge is 2.35. The molecule has 3 rings (SSSR count). The molecule has 1 aromatic carbocycles. The van der Waals surface area contributed by atoms with Crippen molar-refractivity contribution in [3.8, 4) is 0 Å². The van der Waals surface area contributed by atoms with Gasteiger partial charge in [0, 0.05) is 24.7 Å². The second-order valence-corrected chi connectivity index (χ2v) is 6.56. The number of nitrogens with one attached hydrogen (secondary N) is 1. The molecule has 2 heterocycles. The maximum atomic E-state index is 12.9. The summed E-state index contributed by atoms with van der Waals surface area (Å²) in [5.41, 5.74) is -0.0629. The first kappa shape index (κ1) is 17.9. The minimum atomic E-state index is -0.898. The maximum absolute atomic E-state index is 12.9. The number of nitrogens with zero attached hydrogens (tertiary/aromatic N) is 2. The number of carbonyl (C=O) groups excluding carboxylic acids is 1. The number of piperidine rings is 1. The molecule has 0 aliphatic carbocycles. The molecule has 0 unspecified atom stereocenters. The Morgan fingerprint density at radius 3 is 2.69 bits per heavy atom. The molecular formula is C18H21N3O5. The molecule has 2 aromatic rings. The number of carboxylic acid groups (broad SMARTS) is 1. The molecule has 138 valence electrons. The Labute approximate surface area is 149 Å². The predicted octanol–water partition coefficient (Wildman–Crippen LogP) is 1.04. The number of hydrogen-bond donors (Lipinski definition) is 2. The summed E-state index contributed by atoms with van der Waals surface area (Å²) in [7, 11) is 0. The molecule has 8 nitrogen and oxygen atoms in total. The van der Waals surface area contributed by atoms with E-state index in [2.05, 4.69) is 4.98 Å². The zero-order valence-electron chi connectivity index (χ0n) is 14.7. The number of amides is 1. The van der Waals surface area contributed by atoms with Crippen LogP contribution in [0.15, 0.2) is 27.8 Å². The largest absolute Gasteiger partial charge is 0.481 e. The van der Waals surface area contributed by atoms with E-state index in [9.17, 15) is 24.3 Å². The summed E-state index contributed by atoms with van der Waals surface area (Å²) < 4.78 is 1.35. The van der Waals surface area contributed by atoms with E-state index in [-0.39, 0.29) is 5.91 Å². The highest BCUT2D eigenvalue weighted by atomic mass is 16.4. The smallest absolute Gasteiger partial charge is 0.316 e. The number of aromatic nitrogens is 2. The van der Waals surface area contributed by atoms with Crippen LogP contribution in [0.2, 0.25) is 0 Å². The van der Waals surface area contributed by atoms with Gasteiger partial charge in [-0.3, -0.25) is 19.2 Å². The van der Waals surface area contributed by atoms with E-state index in [1.165, 1.54) is 4.57 Å². The summed E-state index contributed by atoms with van der Waals surface area (Å²) in [5.74, 6) is -1.76. The Morgan fingerprint density at radius 1 is 1.31 bits per heavy atom. The van der Waals surface area contributed by atoms with Crippen molar-refractivity contribution < 1.29 is 14.7 Å². The van der Waals surface area contributed by atoms with Gasteiger partial charge >= 0.3 is 17.1 Å². The lowest BCUT2D eigenvalue weighted by Gasteiger charge is -2.37. The Morgan fingerprint density at radius 2 is 2.04 bits per heavy atom. The van der Waals surface area contributed by atoms with E-state index < -0.39 is 29.0 Å². The summed E-state index contributed by atoms with van der Waals surface area (Å²) >= 11 is 0. The molecule has 0 saturated carbocycles. The SMILES string of the molecule is CCn1c(=O)c(=O)[nH]c2cc(C(=O)N3CCC[C@H](C(=O)O)[C@@H]3C)ccc21. The van der Waals surface area contributed by atoms with Crippen LogP contribution >= 0.6 is 0 Å². The standard InChI is InChI=1S/C18H21N3O5/c1-3-20-14-7-6-11(9-13(14)19-15(22)17(20)24)16(23)21-8-4-5-12(10(21)2)18(25)26/h6-7,9-10,12H,3-5,8H2,1-2H3,(H,19,22)(H,25,26)/t10-,12-/m0/s1. The fourth-order valence-electron chi connectivity index (χ4n) is 3.65. The highest BCUT2D eigenvalue weighted by molar-refractivity contribution is 5.97. The van der Waals surface area contributed by atoms with E-state index in [1.807, 2.05) is 0 Å². The van der Waals surface area contributed by atoms with Gasteiger partial charge in [0.1, 0.15) is 0 Å². The van der Waals surface area contributed by atoms with Crippen molar-refractivity contribution in [3.05, 3.63) is 44.5 Å². The summed E-state index contributed by atoms with van der Waals surface area (Å²) in [5, 5.41) is 9.32. The molecule has 2 N–H and O–H groups in total. The Kier molecular flexibility index (Phi) is 4.67. The summed E-state index contributed by atoms with van der Waals surface area (Å²) in [4.78, 5) is 52.1. The van der Waals surface area contributed by atoms with E-state index in [0.29, 0.717) is 42.5 Å². The van der Waals surface area contributed by atoms with E-state index >= 15 is 0 Å². The van der Waals surface area contributed by atoms with Crippen LogP contribution in [0.3, 0.4) is 0 Å². The van der Waals surface area contributed by atoms with Crippen LogP contribution in [0.1, 0.15) is 37.0 Å². The minimum Gasteiger partial charge on any atom is -0.481 e. The van der Waals surface area contributed by atoms with Gasteiger partial charge in [0.2, 0.25) is 0 Å². The van der Waals surface area contributed by atoms with Gasteiger partial charge in [-0.15, -0.1) is 0 Å². The Bertz CT molecular complexity index is 990. The summed E-state index contributed by atoms with van der Waals surface area (Å²) in [6.45, 7) is 4.34. The van der Waals surface area contributed by atoms with Crippen LogP contribution < -0.4 is 11.1 Å². The van der Waals surface area contributed by atoms with Gasteiger partial charge in [-0.1, -0.05) is 0 Å². The molecule has 0 bridgehead atoms. The second kappa shape index (κ2) is 6.78. The number of likely N-dealkylation sites (tertiary alicyclic amines) is 1. The molecule has 0 spiro atoms. The van der Waals surface area contributed by atoms with Crippen LogP contribution in [0.4, 0.5) is 0 Å². The van der Waals surface area contributed by atoms with Gasteiger partial charge in [0.25, 0.3) is 5.91 Å². The van der Waals surface area contributed by atoms with Crippen molar-refractivity contribution in [3.63, 3.8) is 0 Å². The average molecular weight is 359 g/mol. The van der Waals surface area contributed by atoms with Gasteiger partial charge in [-0.2, -0.15) is 0 Å². The third kappa shape index (κ3) is 2.91. The third-order valence-corrected chi connectivity index (χ3v) is 5.10. The molecule has 0 radical (unpaired) electrons. The first-order chi connectivity index (χ1) is 12.3. The summed E-state index contributed by atoms with van der Waals surface area (Å²) in [6, 6.07) is 4.37. The number of aromatic amines is 1. The zero-order valence-corrected chi connectivity index (χ0v) is 14.7. The fraction of sp³-hybridized carbons (Fsp3) is 0.444. The van der Waals surface area contributed by atoms with Crippen molar-refractivity contribution in [1.29, 1.82) is 0 Å². The molecule has 1 fully saturated rings. The van der Waals surface area contributed by atoms with Crippen LogP contribution in [-0.2, 0) is 11.3 Å². The molecule has 8 heteroatoms. The zero-order chi connectivity index (χ0) is 19.0. The molecule has 1 saturated heterocycles. The van der Waals surface area contributed by atoms with Gasteiger partial charge in [-0.25, -0.2) is 0 Å². The van der Waals surface area contributed by atoms with Gasteiger partial charge in [0.15, 0.2) is 0 Å². The van der Waals surface area contributed by atoms with Crippen LogP contribution in [0, 0.1) is 5.92 Å². The molecule has 26 heavy (non-hydrogen) atoms. The first-order valence-electron chi connectivity index (χ1n) is 8.65. The number of aliphatic carboxylic acids is 1. The van der Waals surface area contributed by atoms with E-state index in [1.54, 1.807) is 36.9 Å². The molecule has 1 aliphatic rings. The number of benzene rings is 1. The summed E-state index contributed by atoms with van der Waals surface area (Å²) in [6.07, 6.45) is 1.18. The maximum Gasteiger partial charge on any atom is 0.316 e. The quantitative estimate of drug-likeness (QED) is 0.795. The van der Waals surface area contributed by atoms with Gasteiger partial charge < -0.3 is 19.6 Å². The van der Waals surface area contributed by atoms with Crippen LogP contribution in [0.25, 0.3) is 11.0 Å². The van der Waals surface area contributed by atoms with E-state index in [4.69, 9.17) is 0 Å². The normalized spacial score (nSPS) is 20.3. The van der Waals surface area contributed by atoms with Crippen molar-refractivity contribution in [2.24, 2.45) is 5.92 Å². The lowest BCUT2D eigenvalue weighted by molar-refractivity contribution is -0.144. The van der Waals surface area contributed by atoms with Crippen LogP contribution in [-0.4, -0.2) is 44.0 Å². The number of rotatable bonds is 3.